The average Bonchev–Trinajstić information content (AvgIpc) is 3.23. The van der Waals surface area contributed by atoms with Crippen LogP contribution in [0.4, 0.5) is 17.1 Å². The Morgan fingerprint density at radius 1 is 0.396 bits per heavy atom. The number of benzene rings is 8. The SMILES string of the molecule is c1ccc(-c2cccc(-c3ccccc3)c2B2c3ccccc3Sc3cc4c(cc32)B2c3ccccc3N(c3ccccc3)c3cccc(c32)O4)cc1. The molecule has 0 atom stereocenters. The fourth-order valence-corrected chi connectivity index (χ4v) is 10.0. The largest absolute Gasteiger partial charge is 0.458 e. The van der Waals surface area contributed by atoms with Crippen LogP contribution in [-0.2, 0) is 0 Å². The lowest BCUT2D eigenvalue weighted by molar-refractivity contribution is 0.486. The summed E-state index contributed by atoms with van der Waals surface area (Å²) in [5.41, 5.74) is 16.2. The summed E-state index contributed by atoms with van der Waals surface area (Å²) in [5, 5.41) is 0. The van der Waals surface area contributed by atoms with Gasteiger partial charge in [0.05, 0.1) is 0 Å². The van der Waals surface area contributed by atoms with Crippen LogP contribution in [0.25, 0.3) is 22.3 Å². The predicted molar refractivity (Wildman–Crippen MR) is 225 cm³/mol. The molecule has 3 aliphatic rings. The fourth-order valence-electron chi connectivity index (χ4n) is 8.87. The van der Waals surface area contributed by atoms with Crippen LogP contribution in [0.2, 0.25) is 0 Å². The first-order valence-electron chi connectivity index (χ1n) is 18.2. The lowest BCUT2D eigenvalue weighted by Gasteiger charge is -2.40. The van der Waals surface area contributed by atoms with Crippen molar-refractivity contribution in [2.24, 2.45) is 0 Å². The van der Waals surface area contributed by atoms with Gasteiger partial charge in [-0.1, -0.05) is 174 Å². The zero-order chi connectivity index (χ0) is 34.9. The lowest BCUT2D eigenvalue weighted by Crippen LogP contribution is -2.62. The first-order chi connectivity index (χ1) is 26.3. The molecule has 0 fully saturated rings. The van der Waals surface area contributed by atoms with Crippen molar-refractivity contribution < 1.29 is 4.74 Å². The van der Waals surface area contributed by atoms with Gasteiger partial charge in [-0.15, -0.1) is 0 Å². The maximum atomic E-state index is 6.96. The molecule has 0 aromatic heterocycles. The van der Waals surface area contributed by atoms with E-state index in [2.05, 4.69) is 193 Å². The van der Waals surface area contributed by atoms with E-state index in [1.54, 1.807) is 0 Å². The van der Waals surface area contributed by atoms with Gasteiger partial charge in [-0.3, -0.25) is 0 Å². The molecule has 2 nitrogen and oxygen atoms in total. The molecule has 0 saturated heterocycles. The third kappa shape index (κ3) is 4.77. The van der Waals surface area contributed by atoms with Gasteiger partial charge in [0.2, 0.25) is 6.71 Å². The highest BCUT2D eigenvalue weighted by Crippen LogP contribution is 2.42. The zero-order valence-corrected chi connectivity index (χ0v) is 29.6. The lowest BCUT2D eigenvalue weighted by atomic mass is 9.31. The molecule has 0 N–H and O–H groups in total. The average molecular weight is 691 g/mol. The monoisotopic (exact) mass is 691 g/mol. The van der Waals surface area contributed by atoms with Crippen LogP contribution in [-0.4, -0.2) is 13.4 Å². The summed E-state index contributed by atoms with van der Waals surface area (Å²) < 4.78 is 6.96. The van der Waals surface area contributed by atoms with Crippen LogP contribution >= 0.6 is 11.8 Å². The van der Waals surface area contributed by atoms with Gasteiger partial charge in [-0.2, -0.15) is 0 Å². The molecule has 8 aromatic rings. The number of anilines is 3. The Balaban J connectivity index is 1.18. The number of hydrogen-bond acceptors (Lipinski definition) is 3. The second kappa shape index (κ2) is 12.2. The Morgan fingerprint density at radius 3 is 1.72 bits per heavy atom. The van der Waals surface area contributed by atoms with E-state index in [9.17, 15) is 0 Å². The zero-order valence-electron chi connectivity index (χ0n) is 28.8. The summed E-state index contributed by atoms with van der Waals surface area (Å²) in [6.07, 6.45) is 0. The van der Waals surface area contributed by atoms with Crippen molar-refractivity contribution >= 4 is 75.0 Å². The van der Waals surface area contributed by atoms with E-state index in [4.69, 9.17) is 4.74 Å². The molecule has 0 radical (unpaired) electrons. The second-order valence-corrected chi connectivity index (χ2v) is 15.0. The van der Waals surface area contributed by atoms with E-state index in [1.807, 2.05) is 11.8 Å². The summed E-state index contributed by atoms with van der Waals surface area (Å²) in [7, 11) is 0. The molecule has 5 heteroatoms. The number of ether oxygens (including phenoxy) is 1. The van der Waals surface area contributed by atoms with Crippen molar-refractivity contribution in [3.63, 3.8) is 0 Å². The molecule has 0 saturated carbocycles. The molecule has 246 valence electrons. The minimum atomic E-state index is -0.00402. The maximum absolute atomic E-state index is 6.96. The molecular formula is C48H31B2NOS. The molecule has 0 amide bonds. The number of fused-ring (bicyclic) bond motifs is 6. The summed E-state index contributed by atoms with van der Waals surface area (Å²) >= 11 is 1.86. The third-order valence-electron chi connectivity index (χ3n) is 11.1. The smallest absolute Gasteiger partial charge is 0.256 e. The van der Waals surface area contributed by atoms with Crippen LogP contribution in [0.15, 0.2) is 198 Å². The number of hydrogen-bond donors (Lipinski definition) is 0. The molecule has 0 unspecified atom stereocenters. The predicted octanol–water partition coefficient (Wildman–Crippen LogP) is 8.41. The van der Waals surface area contributed by atoms with E-state index in [-0.39, 0.29) is 13.4 Å². The van der Waals surface area contributed by atoms with Gasteiger partial charge in [0.15, 0.2) is 0 Å². The van der Waals surface area contributed by atoms with E-state index < -0.39 is 0 Å². The van der Waals surface area contributed by atoms with Crippen molar-refractivity contribution in [2.75, 3.05) is 4.90 Å². The highest BCUT2D eigenvalue weighted by molar-refractivity contribution is 8.00. The highest BCUT2D eigenvalue weighted by atomic mass is 32.2. The molecule has 0 bridgehead atoms. The molecule has 53 heavy (non-hydrogen) atoms. The first kappa shape index (κ1) is 30.5. The van der Waals surface area contributed by atoms with Gasteiger partial charge in [-0.05, 0) is 81.1 Å². The summed E-state index contributed by atoms with van der Waals surface area (Å²) in [5.74, 6) is 1.86. The summed E-state index contributed by atoms with van der Waals surface area (Å²) in [6.45, 7) is 0.0165. The minimum Gasteiger partial charge on any atom is -0.458 e. The Kier molecular flexibility index (Phi) is 7.03. The van der Waals surface area contributed by atoms with Crippen LogP contribution in [0.5, 0.6) is 11.5 Å². The normalized spacial score (nSPS) is 13.2. The van der Waals surface area contributed by atoms with Gasteiger partial charge in [0, 0.05) is 26.9 Å². The van der Waals surface area contributed by atoms with Crippen molar-refractivity contribution in [1.29, 1.82) is 0 Å². The van der Waals surface area contributed by atoms with Crippen molar-refractivity contribution in [3.05, 3.63) is 188 Å². The molecule has 0 aliphatic carbocycles. The standard InChI is InChI=1S/C48H31B2NOS/c1-4-16-32(17-5-1)35-22-14-23-36(33-18-6-2-7-19-33)47(35)50-38-25-11-13-29-45(38)53-46-31-44-39(30-40(46)50)49-37-24-10-12-26-41(37)51(34-20-8-3-9-21-34)42-27-15-28-43(52-44)48(42)49/h1-31H. The van der Waals surface area contributed by atoms with Gasteiger partial charge < -0.3 is 9.64 Å². The van der Waals surface area contributed by atoms with E-state index >= 15 is 0 Å². The van der Waals surface area contributed by atoms with Crippen LogP contribution in [0, 0.1) is 0 Å². The van der Waals surface area contributed by atoms with Crippen molar-refractivity contribution in [1.82, 2.24) is 0 Å². The van der Waals surface area contributed by atoms with E-state index in [1.165, 1.54) is 70.5 Å². The molecule has 3 heterocycles. The second-order valence-electron chi connectivity index (χ2n) is 14.0. The van der Waals surface area contributed by atoms with Gasteiger partial charge in [-0.25, -0.2) is 0 Å². The molecular weight excluding hydrogens is 660 g/mol. The number of para-hydroxylation sites is 2. The molecule has 0 spiro atoms. The number of nitrogens with zero attached hydrogens (tertiary/aromatic N) is 1. The van der Waals surface area contributed by atoms with Crippen LogP contribution in [0.1, 0.15) is 0 Å². The summed E-state index contributed by atoms with van der Waals surface area (Å²) in [4.78, 5) is 4.92. The van der Waals surface area contributed by atoms with Crippen LogP contribution in [0.3, 0.4) is 0 Å². The Labute approximate surface area is 314 Å². The Hall–Kier alpha value is -6.16. The maximum Gasteiger partial charge on any atom is 0.256 e. The van der Waals surface area contributed by atoms with E-state index in [0.29, 0.717) is 0 Å². The third-order valence-corrected chi connectivity index (χ3v) is 12.2. The molecule has 8 aromatic carbocycles. The van der Waals surface area contributed by atoms with Crippen molar-refractivity contribution in [3.8, 4) is 33.8 Å². The topological polar surface area (TPSA) is 12.5 Å². The van der Waals surface area contributed by atoms with E-state index in [0.717, 1.165) is 22.9 Å². The molecule has 11 rings (SSSR count). The van der Waals surface area contributed by atoms with Crippen LogP contribution < -0.4 is 42.4 Å². The van der Waals surface area contributed by atoms with Gasteiger partial charge in [0.1, 0.15) is 11.5 Å². The minimum absolute atomic E-state index is 0.00402. The first-order valence-corrected chi connectivity index (χ1v) is 19.1. The Bertz CT molecular complexity index is 2640. The quantitative estimate of drug-likeness (QED) is 0.172. The number of rotatable bonds is 4. The Morgan fingerprint density at radius 2 is 0.981 bits per heavy atom. The molecule has 3 aliphatic heterocycles. The van der Waals surface area contributed by atoms with Crippen molar-refractivity contribution in [2.45, 2.75) is 9.79 Å². The summed E-state index contributed by atoms with van der Waals surface area (Å²) in [6, 6.07) is 68.5. The van der Waals surface area contributed by atoms with Gasteiger partial charge in [0.25, 0.3) is 6.71 Å². The highest BCUT2D eigenvalue weighted by Gasteiger charge is 2.44. The fraction of sp³-hybridized carbons (Fsp3) is 0. The van der Waals surface area contributed by atoms with Gasteiger partial charge >= 0.3 is 0 Å².